The Labute approximate surface area is 103 Å². The van der Waals surface area contributed by atoms with Crippen molar-refractivity contribution in [3.8, 4) is 5.75 Å². The third kappa shape index (κ3) is 2.82. The molecule has 0 aliphatic heterocycles. The van der Waals surface area contributed by atoms with Crippen LogP contribution in [0.1, 0.15) is 20.8 Å². The smallest absolute Gasteiger partial charge is 0.251 e. The van der Waals surface area contributed by atoms with Crippen LogP contribution >= 0.6 is 11.3 Å². The van der Waals surface area contributed by atoms with Crippen LogP contribution in [0.4, 0.5) is 0 Å². The summed E-state index contributed by atoms with van der Waals surface area (Å²) in [5.41, 5.74) is 2.96. The van der Waals surface area contributed by atoms with Crippen LogP contribution in [-0.2, 0) is 6.54 Å². The Balaban J connectivity index is 2.02. The lowest BCUT2D eigenvalue weighted by Crippen LogP contribution is -2.22. The Morgan fingerprint density at radius 3 is 3.00 bits per heavy atom. The Kier molecular flexibility index (Phi) is 3.39. The van der Waals surface area contributed by atoms with E-state index in [0.29, 0.717) is 17.7 Å². The van der Waals surface area contributed by atoms with E-state index in [1.165, 1.54) is 17.4 Å². The third-order valence-electron chi connectivity index (χ3n) is 2.37. The van der Waals surface area contributed by atoms with Gasteiger partial charge in [-0.1, -0.05) is 0 Å². The highest BCUT2D eigenvalue weighted by atomic mass is 32.1. The van der Waals surface area contributed by atoms with Crippen molar-refractivity contribution in [1.82, 2.24) is 10.3 Å². The molecule has 1 aromatic carbocycles. The van der Waals surface area contributed by atoms with E-state index in [9.17, 15) is 9.90 Å². The Morgan fingerprint density at radius 2 is 2.35 bits per heavy atom. The molecule has 5 heteroatoms. The highest BCUT2D eigenvalue weighted by molar-refractivity contribution is 7.09. The average Bonchev–Trinajstić information content (AvgIpc) is 2.82. The first kappa shape index (κ1) is 11.6. The number of hydrogen-bond donors (Lipinski definition) is 2. The second-order valence-electron chi connectivity index (χ2n) is 3.65. The first-order valence-corrected chi connectivity index (χ1v) is 6.00. The van der Waals surface area contributed by atoms with Crippen molar-refractivity contribution in [2.75, 3.05) is 0 Å². The number of aromatic nitrogens is 1. The van der Waals surface area contributed by atoms with Crippen molar-refractivity contribution in [3.05, 3.63) is 45.9 Å². The monoisotopic (exact) mass is 248 g/mol. The molecule has 0 fully saturated rings. The molecular formula is C12H12N2O2S. The van der Waals surface area contributed by atoms with Gasteiger partial charge in [-0.05, 0) is 30.7 Å². The van der Waals surface area contributed by atoms with Gasteiger partial charge in [0.25, 0.3) is 5.91 Å². The molecule has 4 nitrogen and oxygen atoms in total. The topological polar surface area (TPSA) is 62.2 Å². The fraction of sp³-hybridized carbons (Fsp3) is 0.167. The average molecular weight is 248 g/mol. The molecule has 0 aliphatic rings. The lowest BCUT2D eigenvalue weighted by molar-refractivity contribution is 0.0951. The van der Waals surface area contributed by atoms with E-state index in [-0.39, 0.29) is 11.7 Å². The van der Waals surface area contributed by atoms with Gasteiger partial charge < -0.3 is 10.4 Å². The number of carbonyl (C=O) groups is 1. The second kappa shape index (κ2) is 4.97. The zero-order valence-corrected chi connectivity index (χ0v) is 10.1. The number of thiazole rings is 1. The van der Waals surface area contributed by atoms with Crippen molar-refractivity contribution < 1.29 is 9.90 Å². The SMILES string of the molecule is Cc1cc(C(=O)NCc2cncs2)ccc1O. The maximum Gasteiger partial charge on any atom is 0.251 e. The van der Waals surface area contributed by atoms with E-state index in [4.69, 9.17) is 0 Å². The highest BCUT2D eigenvalue weighted by Crippen LogP contribution is 2.17. The van der Waals surface area contributed by atoms with Crippen LogP contribution in [0.25, 0.3) is 0 Å². The summed E-state index contributed by atoms with van der Waals surface area (Å²) in [6, 6.07) is 4.79. The van der Waals surface area contributed by atoms with Gasteiger partial charge in [0.2, 0.25) is 0 Å². The van der Waals surface area contributed by atoms with Gasteiger partial charge >= 0.3 is 0 Å². The molecule has 1 aromatic heterocycles. The van der Waals surface area contributed by atoms with Crippen molar-refractivity contribution in [3.63, 3.8) is 0 Å². The summed E-state index contributed by atoms with van der Waals surface area (Å²) in [6.07, 6.45) is 1.73. The number of rotatable bonds is 3. The number of carbonyl (C=O) groups excluding carboxylic acids is 1. The van der Waals surface area contributed by atoms with Crippen molar-refractivity contribution >= 4 is 17.2 Å². The standard InChI is InChI=1S/C12H12N2O2S/c1-8-4-9(2-3-11(8)15)12(16)14-6-10-5-13-7-17-10/h2-5,7,15H,6H2,1H3,(H,14,16). The summed E-state index contributed by atoms with van der Waals surface area (Å²) in [5.74, 6) is 0.0468. The van der Waals surface area contributed by atoms with Crippen LogP contribution in [0.3, 0.4) is 0 Å². The summed E-state index contributed by atoms with van der Waals surface area (Å²) >= 11 is 1.50. The lowest BCUT2D eigenvalue weighted by atomic mass is 10.1. The first-order valence-electron chi connectivity index (χ1n) is 5.12. The summed E-state index contributed by atoms with van der Waals surface area (Å²) in [4.78, 5) is 16.7. The van der Waals surface area contributed by atoms with Crippen LogP contribution in [0.2, 0.25) is 0 Å². The molecule has 88 valence electrons. The number of phenols is 1. The van der Waals surface area contributed by atoms with Crippen molar-refractivity contribution in [2.24, 2.45) is 0 Å². The van der Waals surface area contributed by atoms with E-state index in [1.54, 1.807) is 30.8 Å². The van der Waals surface area contributed by atoms with Gasteiger partial charge in [-0.15, -0.1) is 11.3 Å². The number of benzene rings is 1. The number of aromatic hydroxyl groups is 1. The minimum atomic E-state index is -0.151. The third-order valence-corrected chi connectivity index (χ3v) is 3.15. The molecule has 0 spiro atoms. The van der Waals surface area contributed by atoms with Crippen LogP contribution in [0.15, 0.2) is 29.9 Å². The molecule has 0 atom stereocenters. The summed E-state index contributed by atoms with van der Waals surface area (Å²) in [5, 5.41) is 12.2. The largest absolute Gasteiger partial charge is 0.508 e. The second-order valence-corrected chi connectivity index (χ2v) is 4.62. The van der Waals surface area contributed by atoms with Crippen LogP contribution in [-0.4, -0.2) is 16.0 Å². The summed E-state index contributed by atoms with van der Waals surface area (Å²) in [6.45, 7) is 2.23. The maximum atomic E-state index is 11.8. The van der Waals surface area contributed by atoms with Gasteiger partial charge in [0.05, 0.1) is 12.1 Å². The molecule has 2 N–H and O–H groups in total. The van der Waals surface area contributed by atoms with Crippen LogP contribution in [0, 0.1) is 6.92 Å². The van der Waals surface area contributed by atoms with Gasteiger partial charge in [-0.2, -0.15) is 0 Å². The molecule has 0 aliphatic carbocycles. The van der Waals surface area contributed by atoms with E-state index in [0.717, 1.165) is 4.88 Å². The number of hydrogen-bond acceptors (Lipinski definition) is 4. The fourth-order valence-electron chi connectivity index (χ4n) is 1.40. The van der Waals surface area contributed by atoms with Gasteiger partial charge in [-0.3, -0.25) is 9.78 Å². The number of phenolic OH excluding ortho intramolecular Hbond substituents is 1. The minimum absolute atomic E-state index is 0.151. The van der Waals surface area contributed by atoms with Gasteiger partial charge in [0.1, 0.15) is 5.75 Å². The van der Waals surface area contributed by atoms with E-state index in [1.807, 2.05) is 0 Å². The predicted octanol–water partition coefficient (Wildman–Crippen LogP) is 2.09. The molecule has 2 aromatic rings. The number of nitrogens with one attached hydrogen (secondary N) is 1. The number of aryl methyl sites for hydroxylation is 1. The number of nitrogens with zero attached hydrogens (tertiary/aromatic N) is 1. The minimum Gasteiger partial charge on any atom is -0.508 e. The molecule has 0 radical (unpaired) electrons. The molecule has 17 heavy (non-hydrogen) atoms. The maximum absolute atomic E-state index is 11.8. The van der Waals surface area contributed by atoms with Gasteiger partial charge in [0, 0.05) is 16.6 Å². The van der Waals surface area contributed by atoms with Gasteiger partial charge in [0.15, 0.2) is 0 Å². The van der Waals surface area contributed by atoms with Crippen molar-refractivity contribution in [1.29, 1.82) is 0 Å². The van der Waals surface area contributed by atoms with Crippen LogP contribution < -0.4 is 5.32 Å². The Bertz CT molecular complexity index is 523. The fourth-order valence-corrected chi connectivity index (χ4v) is 1.93. The normalized spacial score (nSPS) is 10.2. The molecule has 0 saturated heterocycles. The first-order chi connectivity index (χ1) is 8.16. The molecular weight excluding hydrogens is 236 g/mol. The molecule has 0 bridgehead atoms. The van der Waals surface area contributed by atoms with Crippen LogP contribution in [0.5, 0.6) is 5.75 Å². The van der Waals surface area contributed by atoms with E-state index in [2.05, 4.69) is 10.3 Å². The zero-order valence-electron chi connectivity index (χ0n) is 9.30. The highest BCUT2D eigenvalue weighted by Gasteiger charge is 2.07. The lowest BCUT2D eigenvalue weighted by Gasteiger charge is -2.05. The molecule has 1 heterocycles. The molecule has 1 amide bonds. The molecule has 0 unspecified atom stereocenters. The van der Waals surface area contributed by atoms with Crippen molar-refractivity contribution in [2.45, 2.75) is 13.5 Å². The Morgan fingerprint density at radius 1 is 1.53 bits per heavy atom. The zero-order chi connectivity index (χ0) is 12.3. The predicted molar refractivity (Wildman–Crippen MR) is 66.1 cm³/mol. The van der Waals surface area contributed by atoms with E-state index >= 15 is 0 Å². The molecule has 2 rings (SSSR count). The number of amides is 1. The summed E-state index contributed by atoms with van der Waals surface area (Å²) < 4.78 is 0. The van der Waals surface area contributed by atoms with Gasteiger partial charge in [-0.25, -0.2) is 0 Å². The molecule has 0 saturated carbocycles. The van der Waals surface area contributed by atoms with E-state index < -0.39 is 0 Å². The Hall–Kier alpha value is -1.88. The quantitative estimate of drug-likeness (QED) is 0.874. The summed E-state index contributed by atoms with van der Waals surface area (Å²) in [7, 11) is 0.